The molecular formula is C33H33N3O7S. The summed E-state index contributed by atoms with van der Waals surface area (Å²) < 4.78 is 44.4. The van der Waals surface area contributed by atoms with Crippen LogP contribution in [0.15, 0.2) is 108 Å². The lowest BCUT2D eigenvalue weighted by atomic mass is 10.0. The van der Waals surface area contributed by atoms with Crippen molar-refractivity contribution in [2.24, 2.45) is 0 Å². The number of rotatable bonds is 10. The van der Waals surface area contributed by atoms with Crippen molar-refractivity contribution >= 4 is 28.1 Å². The molecule has 10 nitrogen and oxygen atoms in total. The predicted molar refractivity (Wildman–Crippen MR) is 166 cm³/mol. The number of likely N-dealkylation sites (N-methyl/N-ethyl adjacent to an activating group) is 1. The molecule has 4 aromatic rings. The average Bonchev–Trinajstić information content (AvgIpc) is 3.01. The Morgan fingerprint density at radius 2 is 1.41 bits per heavy atom. The van der Waals surface area contributed by atoms with E-state index in [-0.39, 0.29) is 34.3 Å². The Kier molecular flexibility index (Phi) is 10.5. The van der Waals surface area contributed by atoms with Gasteiger partial charge in [0, 0.05) is 19.2 Å². The van der Waals surface area contributed by atoms with Crippen LogP contribution in [0.25, 0.3) is 0 Å². The number of benzene rings is 4. The maximum atomic E-state index is 13.8. The Labute approximate surface area is 256 Å². The highest BCUT2D eigenvalue weighted by molar-refractivity contribution is 7.89. The van der Waals surface area contributed by atoms with Crippen molar-refractivity contribution in [3.63, 3.8) is 0 Å². The Bertz CT molecular complexity index is 1710. The van der Waals surface area contributed by atoms with Gasteiger partial charge in [0.2, 0.25) is 10.0 Å². The third kappa shape index (κ3) is 8.52. The summed E-state index contributed by atoms with van der Waals surface area (Å²) in [6, 6.07) is 28.1. The van der Waals surface area contributed by atoms with Crippen LogP contribution in [-0.2, 0) is 16.4 Å². The number of sulfonamides is 1. The largest absolute Gasteiger partial charge is 0.519 e. The Morgan fingerprint density at radius 3 is 2.00 bits per heavy atom. The van der Waals surface area contributed by atoms with E-state index >= 15 is 0 Å². The number of amides is 1. The number of carbonyl (C=O) groups is 2. The van der Waals surface area contributed by atoms with Crippen molar-refractivity contribution in [3.8, 4) is 17.2 Å². The van der Waals surface area contributed by atoms with Gasteiger partial charge >= 0.3 is 12.2 Å². The smallest absolute Gasteiger partial charge is 0.410 e. The van der Waals surface area contributed by atoms with E-state index in [4.69, 9.17) is 19.6 Å². The molecule has 0 spiro atoms. The monoisotopic (exact) mass is 615 g/mol. The van der Waals surface area contributed by atoms with Gasteiger partial charge in [0.05, 0.1) is 0 Å². The predicted octanol–water partition coefficient (Wildman–Crippen LogP) is 6.36. The van der Waals surface area contributed by atoms with Gasteiger partial charge in [0.25, 0.3) is 0 Å². The van der Waals surface area contributed by atoms with Gasteiger partial charge in [-0.1, -0.05) is 74.5 Å². The van der Waals surface area contributed by atoms with Crippen molar-refractivity contribution in [2.45, 2.75) is 31.1 Å². The molecular weight excluding hydrogens is 582 g/mol. The van der Waals surface area contributed by atoms with Crippen LogP contribution in [0.1, 0.15) is 36.5 Å². The molecule has 0 aromatic heterocycles. The quantitative estimate of drug-likeness (QED) is 0.0917. The molecule has 11 heteroatoms. The zero-order valence-corrected chi connectivity index (χ0v) is 25.3. The molecule has 0 saturated heterocycles. The van der Waals surface area contributed by atoms with E-state index in [1.807, 2.05) is 24.3 Å². The summed E-state index contributed by atoms with van der Waals surface area (Å²) >= 11 is 0. The van der Waals surface area contributed by atoms with Crippen LogP contribution in [0.2, 0.25) is 0 Å². The number of carbonyl (C=O) groups excluding carboxylic acids is 2. The van der Waals surface area contributed by atoms with Gasteiger partial charge in [0.15, 0.2) is 5.75 Å². The molecule has 0 saturated carbocycles. The third-order valence-corrected chi connectivity index (χ3v) is 8.48. The molecule has 4 aromatic carbocycles. The fourth-order valence-electron chi connectivity index (χ4n) is 4.08. The van der Waals surface area contributed by atoms with Crippen LogP contribution in [0, 0.1) is 5.41 Å². The summed E-state index contributed by atoms with van der Waals surface area (Å²) in [7, 11) is -2.84. The molecule has 0 radical (unpaired) electrons. The first-order valence-corrected chi connectivity index (χ1v) is 15.2. The molecule has 0 fully saturated rings. The van der Waals surface area contributed by atoms with Crippen LogP contribution >= 0.6 is 0 Å². The maximum absolute atomic E-state index is 13.8. The van der Waals surface area contributed by atoms with Crippen LogP contribution in [0.4, 0.5) is 9.59 Å². The van der Waals surface area contributed by atoms with Crippen LogP contribution in [0.5, 0.6) is 17.2 Å². The van der Waals surface area contributed by atoms with Crippen LogP contribution in [-0.4, -0.2) is 44.4 Å². The summed E-state index contributed by atoms with van der Waals surface area (Å²) in [5, 5.41) is 10.7. The van der Waals surface area contributed by atoms with Crippen molar-refractivity contribution < 1.29 is 32.2 Å². The SMILES string of the molecule is CC(C)c1ccc(CCN(C)S(=O)(=O)c2cc(C(=N)NC(=O)Oc3ccccc3)ccc2OC(=O)Oc2ccccc2)cc1. The van der Waals surface area contributed by atoms with E-state index in [9.17, 15) is 18.0 Å². The molecule has 0 atom stereocenters. The third-order valence-electron chi connectivity index (χ3n) is 6.60. The van der Waals surface area contributed by atoms with E-state index in [2.05, 4.69) is 19.2 Å². The first-order chi connectivity index (χ1) is 21.0. The van der Waals surface area contributed by atoms with Crippen molar-refractivity contribution in [3.05, 3.63) is 120 Å². The first kappa shape index (κ1) is 31.9. The lowest BCUT2D eigenvalue weighted by Crippen LogP contribution is -2.33. The molecule has 0 bridgehead atoms. The highest BCUT2D eigenvalue weighted by atomic mass is 32.2. The molecule has 0 aliphatic rings. The molecule has 0 heterocycles. The van der Waals surface area contributed by atoms with Gasteiger partial charge in [-0.2, -0.15) is 0 Å². The van der Waals surface area contributed by atoms with Crippen molar-refractivity contribution in [2.75, 3.05) is 13.6 Å². The normalized spacial score (nSPS) is 11.2. The van der Waals surface area contributed by atoms with E-state index in [0.717, 1.165) is 15.9 Å². The van der Waals surface area contributed by atoms with Gasteiger partial charge in [-0.15, -0.1) is 0 Å². The van der Waals surface area contributed by atoms with E-state index in [1.165, 1.54) is 24.7 Å². The second-order valence-corrected chi connectivity index (χ2v) is 12.1. The zero-order valence-electron chi connectivity index (χ0n) is 24.5. The minimum atomic E-state index is -4.25. The number of ether oxygens (including phenoxy) is 3. The number of amidine groups is 1. The Balaban J connectivity index is 1.56. The molecule has 0 aliphatic carbocycles. The summed E-state index contributed by atoms with van der Waals surface area (Å²) in [6.07, 6.45) is -1.64. The number of para-hydroxylation sites is 2. The number of nitrogens with one attached hydrogen (secondary N) is 2. The summed E-state index contributed by atoms with van der Waals surface area (Å²) in [4.78, 5) is 24.6. The standard InChI is InChI=1S/C33H33N3O7S/c1-23(2)25-16-14-24(15-17-25)20-21-36(3)44(39,40)30-22-26(31(34)35-32(37)41-27-10-6-4-7-11-27)18-19-29(30)43-33(38)42-28-12-8-5-9-13-28/h4-19,22-23H,20-21H2,1-3H3,(H2,34,35,37). The highest BCUT2D eigenvalue weighted by Crippen LogP contribution is 2.29. The lowest BCUT2D eigenvalue weighted by Gasteiger charge is -2.20. The second kappa shape index (κ2) is 14.5. The summed E-state index contributed by atoms with van der Waals surface area (Å²) in [5.74, 6) is 0.125. The fraction of sp³-hybridized carbons (Fsp3) is 0.182. The number of hydrogen-bond donors (Lipinski definition) is 2. The summed E-state index contributed by atoms with van der Waals surface area (Å²) in [5.41, 5.74) is 2.17. The van der Waals surface area contributed by atoms with Gasteiger partial charge in [-0.3, -0.25) is 10.7 Å². The van der Waals surface area contributed by atoms with Gasteiger partial charge in [-0.05, 0) is 65.9 Å². The number of nitrogens with zero attached hydrogens (tertiary/aromatic N) is 1. The van der Waals surface area contributed by atoms with E-state index in [1.54, 1.807) is 60.7 Å². The minimum Gasteiger partial charge on any atom is -0.410 e. The number of hydrogen-bond acceptors (Lipinski definition) is 8. The van der Waals surface area contributed by atoms with Gasteiger partial charge in [0.1, 0.15) is 22.2 Å². The first-order valence-electron chi connectivity index (χ1n) is 13.8. The molecule has 44 heavy (non-hydrogen) atoms. The van der Waals surface area contributed by atoms with Crippen LogP contribution in [0.3, 0.4) is 0 Å². The average molecular weight is 616 g/mol. The van der Waals surface area contributed by atoms with Gasteiger partial charge < -0.3 is 14.2 Å². The van der Waals surface area contributed by atoms with Gasteiger partial charge in [-0.25, -0.2) is 22.3 Å². The molecule has 4 rings (SSSR count). The molecule has 0 unspecified atom stereocenters. The fourth-order valence-corrected chi connectivity index (χ4v) is 5.39. The zero-order chi connectivity index (χ0) is 31.7. The Morgan fingerprint density at radius 1 is 0.818 bits per heavy atom. The molecule has 2 N–H and O–H groups in total. The van der Waals surface area contributed by atoms with Crippen molar-refractivity contribution in [1.82, 2.24) is 9.62 Å². The minimum absolute atomic E-state index is 0.0371. The second-order valence-electron chi connectivity index (χ2n) is 10.1. The maximum Gasteiger partial charge on any atom is 0.519 e. The topological polar surface area (TPSA) is 135 Å². The van der Waals surface area contributed by atoms with Crippen LogP contribution < -0.4 is 19.5 Å². The molecule has 228 valence electrons. The Hall–Kier alpha value is -5.00. The molecule has 0 aliphatic heterocycles. The van der Waals surface area contributed by atoms with Crippen molar-refractivity contribution in [1.29, 1.82) is 5.41 Å². The van der Waals surface area contributed by atoms with E-state index in [0.29, 0.717) is 12.3 Å². The summed E-state index contributed by atoms with van der Waals surface area (Å²) in [6.45, 7) is 4.32. The molecule has 1 amide bonds. The highest BCUT2D eigenvalue weighted by Gasteiger charge is 2.28. The van der Waals surface area contributed by atoms with E-state index < -0.39 is 28.1 Å². The lowest BCUT2D eigenvalue weighted by molar-refractivity contribution is 0.150.